The molecule has 0 saturated heterocycles. The molecule has 0 aliphatic carbocycles. The summed E-state index contributed by atoms with van der Waals surface area (Å²) in [7, 11) is 0. The second kappa shape index (κ2) is 6.09. The predicted molar refractivity (Wildman–Crippen MR) is 60.1 cm³/mol. The number of carbonyl (C=O) groups excluding carboxylic acids is 2. The van der Waals surface area contributed by atoms with Crippen molar-refractivity contribution in [3.05, 3.63) is 21.9 Å². The van der Waals surface area contributed by atoms with Crippen LogP contribution in [0.1, 0.15) is 15.2 Å². The molecule has 1 heterocycles. The lowest BCUT2D eigenvalue weighted by atomic mass is 10.3. The lowest BCUT2D eigenvalue weighted by molar-refractivity contribution is 0.100. The number of hydrogen-bond donors (Lipinski definition) is 3. The van der Waals surface area contributed by atoms with E-state index in [1.807, 2.05) is 0 Å². The average Bonchev–Trinajstić information content (AvgIpc) is 2.65. The summed E-state index contributed by atoms with van der Waals surface area (Å²) in [6.45, 7) is 1.33. The van der Waals surface area contributed by atoms with Crippen LogP contribution in [0.4, 0.5) is 4.79 Å². The monoisotopic (exact) mass is 243 g/mol. The van der Waals surface area contributed by atoms with Crippen LogP contribution in [0.5, 0.6) is 0 Å². The Morgan fingerprint density at radius 1 is 1.44 bits per heavy atom. The van der Waals surface area contributed by atoms with Gasteiger partial charge in [-0.05, 0) is 6.07 Å². The molecule has 7 heteroatoms. The van der Waals surface area contributed by atoms with Gasteiger partial charge in [0, 0.05) is 23.3 Å². The normalized spacial score (nSPS) is 10.0. The standard InChI is InChI=1S/C9H13N3O3S/c10-8(13)6-3-7(16-5-6)4-12-1-2-15-9(11)14/h3,5,12H,1-2,4H2,(H2,10,13)(H2,11,14). The van der Waals surface area contributed by atoms with Gasteiger partial charge in [-0.25, -0.2) is 4.79 Å². The summed E-state index contributed by atoms with van der Waals surface area (Å²) in [6, 6.07) is 1.73. The second-order valence-electron chi connectivity index (χ2n) is 3.01. The maximum Gasteiger partial charge on any atom is 0.404 e. The van der Waals surface area contributed by atoms with Gasteiger partial charge in [0.25, 0.3) is 0 Å². The molecule has 0 bridgehead atoms. The minimum absolute atomic E-state index is 0.226. The molecule has 0 aliphatic rings. The molecule has 1 aromatic heterocycles. The molecule has 16 heavy (non-hydrogen) atoms. The molecule has 6 nitrogen and oxygen atoms in total. The van der Waals surface area contributed by atoms with Gasteiger partial charge in [-0.1, -0.05) is 0 Å². The van der Waals surface area contributed by atoms with E-state index in [0.717, 1.165) is 4.88 Å². The van der Waals surface area contributed by atoms with Gasteiger partial charge in [0.05, 0.1) is 5.56 Å². The van der Waals surface area contributed by atoms with Crippen molar-refractivity contribution >= 4 is 23.3 Å². The fourth-order valence-corrected chi connectivity index (χ4v) is 1.88. The molecule has 0 aromatic carbocycles. The first-order valence-electron chi connectivity index (χ1n) is 4.59. The van der Waals surface area contributed by atoms with Crippen LogP contribution in [0.3, 0.4) is 0 Å². The number of ether oxygens (including phenoxy) is 1. The maximum atomic E-state index is 10.8. The third kappa shape index (κ3) is 4.28. The Labute approximate surface area is 96.6 Å². The van der Waals surface area contributed by atoms with E-state index in [0.29, 0.717) is 18.7 Å². The van der Waals surface area contributed by atoms with Gasteiger partial charge >= 0.3 is 6.09 Å². The van der Waals surface area contributed by atoms with Crippen molar-refractivity contribution in [1.82, 2.24) is 5.32 Å². The Morgan fingerprint density at radius 2 is 2.19 bits per heavy atom. The first-order valence-corrected chi connectivity index (χ1v) is 5.47. The highest BCUT2D eigenvalue weighted by molar-refractivity contribution is 7.10. The number of nitrogens with two attached hydrogens (primary N) is 2. The zero-order valence-electron chi connectivity index (χ0n) is 8.56. The van der Waals surface area contributed by atoms with Gasteiger partial charge in [0.2, 0.25) is 5.91 Å². The van der Waals surface area contributed by atoms with Crippen LogP contribution in [0.15, 0.2) is 11.4 Å². The van der Waals surface area contributed by atoms with Crippen LogP contribution in [0.2, 0.25) is 0 Å². The van der Waals surface area contributed by atoms with E-state index < -0.39 is 12.0 Å². The summed E-state index contributed by atoms with van der Waals surface area (Å²) in [5, 5.41) is 4.74. The molecule has 0 saturated carbocycles. The van der Waals surface area contributed by atoms with Crippen molar-refractivity contribution < 1.29 is 14.3 Å². The lowest BCUT2D eigenvalue weighted by Gasteiger charge is -2.02. The predicted octanol–water partition coefficient (Wildman–Crippen LogP) is 0.0319. The number of carbonyl (C=O) groups is 2. The molecular weight excluding hydrogens is 230 g/mol. The lowest BCUT2D eigenvalue weighted by Crippen LogP contribution is -2.23. The number of primary amides is 2. The third-order valence-corrected chi connectivity index (χ3v) is 2.70. The number of hydrogen-bond acceptors (Lipinski definition) is 5. The van der Waals surface area contributed by atoms with E-state index in [1.165, 1.54) is 11.3 Å². The number of amides is 2. The molecule has 0 spiro atoms. The molecule has 0 unspecified atom stereocenters. The van der Waals surface area contributed by atoms with E-state index in [4.69, 9.17) is 11.5 Å². The number of rotatable bonds is 6. The van der Waals surface area contributed by atoms with Gasteiger partial charge in [-0.3, -0.25) is 4.79 Å². The van der Waals surface area contributed by atoms with Crippen LogP contribution in [0.25, 0.3) is 0 Å². The van der Waals surface area contributed by atoms with Gasteiger partial charge in [0.1, 0.15) is 6.61 Å². The van der Waals surface area contributed by atoms with Crippen LogP contribution in [-0.2, 0) is 11.3 Å². The Bertz CT molecular complexity index is 378. The van der Waals surface area contributed by atoms with E-state index in [-0.39, 0.29) is 6.61 Å². The molecule has 0 fully saturated rings. The molecule has 0 aliphatic heterocycles. The van der Waals surface area contributed by atoms with Crippen molar-refractivity contribution in [2.45, 2.75) is 6.54 Å². The van der Waals surface area contributed by atoms with E-state index in [1.54, 1.807) is 11.4 Å². The molecule has 1 aromatic rings. The van der Waals surface area contributed by atoms with E-state index in [2.05, 4.69) is 10.1 Å². The van der Waals surface area contributed by atoms with Gasteiger partial charge < -0.3 is 21.5 Å². The third-order valence-electron chi connectivity index (χ3n) is 1.76. The quantitative estimate of drug-likeness (QED) is 0.613. The smallest absolute Gasteiger partial charge is 0.404 e. The average molecular weight is 243 g/mol. The van der Waals surface area contributed by atoms with Gasteiger partial charge in [0.15, 0.2) is 0 Å². The SMILES string of the molecule is NC(=O)OCCNCc1cc(C(N)=O)cs1. The molecule has 88 valence electrons. The van der Waals surface area contributed by atoms with Gasteiger partial charge in [-0.15, -0.1) is 11.3 Å². The van der Waals surface area contributed by atoms with Gasteiger partial charge in [-0.2, -0.15) is 0 Å². The highest BCUT2D eigenvalue weighted by Gasteiger charge is 2.04. The van der Waals surface area contributed by atoms with Crippen molar-refractivity contribution in [2.75, 3.05) is 13.2 Å². The fourth-order valence-electron chi connectivity index (χ4n) is 1.04. The Morgan fingerprint density at radius 3 is 2.75 bits per heavy atom. The molecule has 1 rings (SSSR count). The zero-order valence-corrected chi connectivity index (χ0v) is 9.38. The minimum Gasteiger partial charge on any atom is -0.448 e. The minimum atomic E-state index is -0.783. The molecule has 0 radical (unpaired) electrons. The summed E-state index contributed by atoms with van der Waals surface area (Å²) in [6.07, 6.45) is -0.783. The Kier molecular flexibility index (Phi) is 4.74. The van der Waals surface area contributed by atoms with Crippen molar-refractivity contribution in [3.8, 4) is 0 Å². The van der Waals surface area contributed by atoms with Crippen LogP contribution >= 0.6 is 11.3 Å². The Hall–Kier alpha value is -1.60. The van der Waals surface area contributed by atoms with E-state index in [9.17, 15) is 9.59 Å². The zero-order chi connectivity index (χ0) is 12.0. The summed E-state index contributed by atoms with van der Waals surface area (Å²) >= 11 is 1.45. The highest BCUT2D eigenvalue weighted by Crippen LogP contribution is 2.13. The first kappa shape index (κ1) is 12.5. The number of thiophene rings is 1. The van der Waals surface area contributed by atoms with Crippen LogP contribution in [-0.4, -0.2) is 25.2 Å². The fraction of sp³-hybridized carbons (Fsp3) is 0.333. The summed E-state index contributed by atoms with van der Waals surface area (Å²) in [4.78, 5) is 22.0. The first-order chi connectivity index (χ1) is 7.59. The molecular formula is C9H13N3O3S. The van der Waals surface area contributed by atoms with E-state index >= 15 is 0 Å². The summed E-state index contributed by atoms with van der Waals surface area (Å²) < 4.78 is 4.53. The molecule has 5 N–H and O–H groups in total. The molecule has 0 atom stereocenters. The van der Waals surface area contributed by atoms with Crippen molar-refractivity contribution in [2.24, 2.45) is 11.5 Å². The summed E-state index contributed by atoms with van der Waals surface area (Å²) in [5.74, 6) is -0.431. The largest absolute Gasteiger partial charge is 0.448 e. The van der Waals surface area contributed by atoms with Crippen LogP contribution in [0, 0.1) is 0 Å². The Balaban J connectivity index is 2.21. The molecule has 2 amide bonds. The maximum absolute atomic E-state index is 10.8. The van der Waals surface area contributed by atoms with Crippen LogP contribution < -0.4 is 16.8 Å². The number of nitrogens with one attached hydrogen (secondary N) is 1. The van der Waals surface area contributed by atoms with Crippen molar-refractivity contribution in [1.29, 1.82) is 0 Å². The second-order valence-corrected chi connectivity index (χ2v) is 4.01. The highest BCUT2D eigenvalue weighted by atomic mass is 32.1. The topological polar surface area (TPSA) is 107 Å². The van der Waals surface area contributed by atoms with Crippen molar-refractivity contribution in [3.63, 3.8) is 0 Å². The summed E-state index contributed by atoms with van der Waals surface area (Å²) in [5.41, 5.74) is 10.4.